The maximum absolute atomic E-state index is 11.9. The molecule has 2 amide bonds. The Balaban J connectivity index is 1.84. The molecule has 1 aromatic carbocycles. The van der Waals surface area contributed by atoms with Gasteiger partial charge in [0.2, 0.25) is 0 Å². The topological polar surface area (TPSA) is 61.4 Å². The van der Waals surface area contributed by atoms with Crippen LogP contribution in [-0.4, -0.2) is 23.8 Å². The number of urea groups is 1. The van der Waals surface area contributed by atoms with E-state index < -0.39 is 0 Å². The number of nitrogens with one attached hydrogen (secondary N) is 2. The first-order valence-corrected chi connectivity index (χ1v) is 7.31. The predicted molar refractivity (Wildman–Crippen MR) is 79.7 cm³/mol. The molecule has 4 nitrogen and oxygen atoms in total. The number of carbonyl (C=O) groups excluding carboxylic acids is 1. The van der Waals surface area contributed by atoms with E-state index >= 15 is 0 Å². The van der Waals surface area contributed by atoms with Crippen LogP contribution in [0.3, 0.4) is 0 Å². The first-order valence-electron chi connectivity index (χ1n) is 6.93. The summed E-state index contributed by atoms with van der Waals surface area (Å²) in [7, 11) is 0. The van der Waals surface area contributed by atoms with E-state index in [1.54, 1.807) is 6.07 Å². The van der Waals surface area contributed by atoms with Gasteiger partial charge in [0.15, 0.2) is 0 Å². The van der Waals surface area contributed by atoms with Gasteiger partial charge in [-0.2, -0.15) is 0 Å². The van der Waals surface area contributed by atoms with Crippen LogP contribution in [0.2, 0.25) is 5.02 Å². The van der Waals surface area contributed by atoms with E-state index in [4.69, 9.17) is 11.6 Å². The van der Waals surface area contributed by atoms with Crippen LogP contribution in [0, 0.1) is 5.41 Å². The van der Waals surface area contributed by atoms with Gasteiger partial charge in [-0.25, -0.2) is 4.79 Å². The molecule has 1 saturated carbocycles. The molecule has 1 aromatic rings. The molecule has 110 valence electrons. The highest BCUT2D eigenvalue weighted by molar-refractivity contribution is 6.30. The molecule has 2 unspecified atom stereocenters. The molecule has 0 heterocycles. The Bertz CT molecular complexity index is 481. The van der Waals surface area contributed by atoms with Gasteiger partial charge in [-0.05, 0) is 30.5 Å². The largest absolute Gasteiger partial charge is 0.396 e. The monoisotopic (exact) mass is 296 g/mol. The van der Waals surface area contributed by atoms with E-state index in [-0.39, 0.29) is 24.1 Å². The van der Waals surface area contributed by atoms with Crippen LogP contribution in [0.1, 0.15) is 31.7 Å². The quantitative estimate of drug-likeness (QED) is 0.800. The summed E-state index contributed by atoms with van der Waals surface area (Å²) in [4.78, 5) is 11.9. The van der Waals surface area contributed by atoms with Gasteiger partial charge < -0.3 is 15.7 Å². The highest BCUT2D eigenvalue weighted by Crippen LogP contribution is 2.37. The van der Waals surface area contributed by atoms with Crippen molar-refractivity contribution >= 4 is 17.6 Å². The molecule has 2 atom stereocenters. The standard InChI is InChI=1S/C15H21ClN2O2/c1-15(10-19)7-3-6-13(15)18-14(20)17-9-11-4-2-5-12(16)8-11/h2,4-5,8,13,19H,3,6-7,9-10H2,1H3,(H2,17,18,20). The number of amides is 2. The molecule has 0 radical (unpaired) electrons. The van der Waals surface area contributed by atoms with Crippen molar-refractivity contribution in [3.8, 4) is 0 Å². The Hall–Kier alpha value is -1.26. The summed E-state index contributed by atoms with van der Waals surface area (Å²) in [5.41, 5.74) is 0.761. The van der Waals surface area contributed by atoms with Crippen LogP contribution >= 0.6 is 11.6 Å². The summed E-state index contributed by atoms with van der Waals surface area (Å²) < 4.78 is 0. The van der Waals surface area contributed by atoms with Crippen molar-refractivity contribution < 1.29 is 9.90 Å². The van der Waals surface area contributed by atoms with E-state index in [1.807, 2.05) is 25.1 Å². The molecule has 0 spiro atoms. The number of rotatable bonds is 4. The van der Waals surface area contributed by atoms with E-state index in [9.17, 15) is 9.90 Å². The van der Waals surface area contributed by atoms with Gasteiger partial charge in [0.1, 0.15) is 0 Å². The number of hydrogen-bond acceptors (Lipinski definition) is 2. The molecule has 0 aliphatic heterocycles. The van der Waals surface area contributed by atoms with Gasteiger partial charge in [-0.3, -0.25) is 0 Å². The van der Waals surface area contributed by atoms with Gasteiger partial charge in [-0.15, -0.1) is 0 Å². The summed E-state index contributed by atoms with van der Waals surface area (Å²) in [6.07, 6.45) is 2.90. The lowest BCUT2D eigenvalue weighted by Gasteiger charge is -2.30. The zero-order valence-electron chi connectivity index (χ0n) is 11.7. The number of aliphatic hydroxyl groups is 1. The zero-order valence-corrected chi connectivity index (χ0v) is 12.4. The molecule has 1 fully saturated rings. The number of halogens is 1. The molecule has 0 aromatic heterocycles. The maximum Gasteiger partial charge on any atom is 0.315 e. The van der Waals surface area contributed by atoms with Gasteiger partial charge in [0, 0.05) is 23.0 Å². The average molecular weight is 297 g/mol. The Kier molecular flexibility index (Phi) is 4.89. The lowest BCUT2D eigenvalue weighted by Crippen LogP contribution is -2.48. The van der Waals surface area contributed by atoms with Gasteiger partial charge in [-0.1, -0.05) is 37.1 Å². The van der Waals surface area contributed by atoms with Gasteiger partial charge in [0.05, 0.1) is 6.61 Å². The van der Waals surface area contributed by atoms with E-state index in [2.05, 4.69) is 10.6 Å². The highest BCUT2D eigenvalue weighted by atomic mass is 35.5. The molecule has 20 heavy (non-hydrogen) atoms. The van der Waals surface area contributed by atoms with Gasteiger partial charge in [0.25, 0.3) is 0 Å². The zero-order chi connectivity index (χ0) is 14.6. The minimum Gasteiger partial charge on any atom is -0.396 e. The van der Waals surface area contributed by atoms with Crippen molar-refractivity contribution in [1.82, 2.24) is 10.6 Å². The Morgan fingerprint density at radius 3 is 3.05 bits per heavy atom. The molecule has 2 rings (SSSR count). The summed E-state index contributed by atoms with van der Waals surface area (Å²) in [6.45, 7) is 2.56. The van der Waals surface area contributed by atoms with Crippen molar-refractivity contribution in [2.24, 2.45) is 5.41 Å². The maximum atomic E-state index is 11.9. The fraction of sp³-hybridized carbons (Fsp3) is 0.533. The minimum absolute atomic E-state index is 0.0341. The molecular formula is C15H21ClN2O2. The van der Waals surface area contributed by atoms with Crippen LogP contribution in [0.25, 0.3) is 0 Å². The number of aliphatic hydroxyl groups excluding tert-OH is 1. The summed E-state index contributed by atoms with van der Waals surface area (Å²) in [5.74, 6) is 0. The Labute approximate surface area is 124 Å². The SMILES string of the molecule is CC1(CO)CCCC1NC(=O)NCc1cccc(Cl)c1. The van der Waals surface area contributed by atoms with Crippen molar-refractivity contribution in [2.75, 3.05) is 6.61 Å². The fourth-order valence-corrected chi connectivity index (χ4v) is 2.92. The normalized spacial score (nSPS) is 25.4. The molecule has 3 N–H and O–H groups in total. The third kappa shape index (κ3) is 3.64. The van der Waals surface area contributed by atoms with E-state index in [1.165, 1.54) is 0 Å². The van der Waals surface area contributed by atoms with Gasteiger partial charge >= 0.3 is 6.03 Å². The van der Waals surface area contributed by atoms with Crippen LogP contribution in [0.15, 0.2) is 24.3 Å². The molecule has 0 bridgehead atoms. The van der Waals surface area contributed by atoms with Crippen LogP contribution < -0.4 is 10.6 Å². The summed E-state index contributed by atoms with van der Waals surface area (Å²) in [5, 5.41) is 15.9. The number of hydrogen-bond donors (Lipinski definition) is 3. The van der Waals surface area contributed by atoms with E-state index in [0.29, 0.717) is 11.6 Å². The predicted octanol–water partition coefficient (Wildman–Crippen LogP) is 2.69. The van der Waals surface area contributed by atoms with Crippen molar-refractivity contribution in [2.45, 2.75) is 38.8 Å². The third-order valence-corrected chi connectivity index (χ3v) is 4.33. The first kappa shape index (κ1) is 15.1. The van der Waals surface area contributed by atoms with Crippen LogP contribution in [0.5, 0.6) is 0 Å². The summed E-state index contributed by atoms with van der Waals surface area (Å²) >= 11 is 5.90. The highest BCUT2D eigenvalue weighted by Gasteiger charge is 2.38. The molecule has 5 heteroatoms. The summed E-state index contributed by atoms with van der Waals surface area (Å²) in [6, 6.07) is 7.24. The molecule has 0 saturated heterocycles. The Morgan fingerprint density at radius 1 is 1.55 bits per heavy atom. The molecular weight excluding hydrogens is 276 g/mol. The second-order valence-electron chi connectivity index (χ2n) is 5.71. The van der Waals surface area contributed by atoms with Crippen molar-refractivity contribution in [1.29, 1.82) is 0 Å². The first-order chi connectivity index (χ1) is 9.53. The van der Waals surface area contributed by atoms with Crippen molar-refractivity contribution in [3.63, 3.8) is 0 Å². The number of carbonyl (C=O) groups is 1. The lowest BCUT2D eigenvalue weighted by molar-refractivity contribution is 0.121. The average Bonchev–Trinajstić information content (AvgIpc) is 2.79. The Morgan fingerprint density at radius 2 is 2.35 bits per heavy atom. The minimum atomic E-state index is -0.201. The van der Waals surface area contributed by atoms with E-state index in [0.717, 1.165) is 24.8 Å². The second kappa shape index (κ2) is 6.46. The fourth-order valence-electron chi connectivity index (χ4n) is 2.71. The van der Waals surface area contributed by atoms with Crippen molar-refractivity contribution in [3.05, 3.63) is 34.9 Å². The lowest BCUT2D eigenvalue weighted by atomic mass is 9.86. The van der Waals surface area contributed by atoms with Crippen LogP contribution in [0.4, 0.5) is 4.79 Å². The molecule has 1 aliphatic carbocycles. The second-order valence-corrected chi connectivity index (χ2v) is 6.15. The van der Waals surface area contributed by atoms with Crippen LogP contribution in [-0.2, 0) is 6.54 Å². The smallest absolute Gasteiger partial charge is 0.315 e. The number of benzene rings is 1. The third-order valence-electron chi connectivity index (χ3n) is 4.09. The molecule has 1 aliphatic rings.